The van der Waals surface area contributed by atoms with E-state index >= 15 is 0 Å². The molecule has 0 fully saturated rings. The molecule has 5 rings (SSSR count). The van der Waals surface area contributed by atoms with Gasteiger partial charge >= 0.3 is 0 Å². The number of fused-ring (bicyclic) bond motifs is 2. The second-order valence-electron chi connectivity index (χ2n) is 6.96. The Hall–Kier alpha value is -3.27. The van der Waals surface area contributed by atoms with Gasteiger partial charge in [-0.1, -0.05) is 65.8 Å². The maximum Gasteiger partial charge on any atom is 0.274 e. The number of hydrogen-bond acceptors (Lipinski definition) is 5. The Morgan fingerprint density at radius 2 is 1.80 bits per heavy atom. The smallest absolute Gasteiger partial charge is 0.274 e. The highest BCUT2D eigenvalue weighted by atomic mass is 35.5. The van der Waals surface area contributed by atoms with Crippen molar-refractivity contribution < 1.29 is 0 Å². The van der Waals surface area contributed by atoms with Gasteiger partial charge < -0.3 is 4.90 Å². The molecule has 1 aliphatic heterocycles. The van der Waals surface area contributed by atoms with Crippen molar-refractivity contribution in [1.82, 2.24) is 9.55 Å². The summed E-state index contributed by atoms with van der Waals surface area (Å²) in [6.45, 7) is 0.349. The molecule has 0 aliphatic carbocycles. The highest BCUT2D eigenvalue weighted by Crippen LogP contribution is 2.31. The fraction of sp³-hybridized carbons (Fsp3) is 0.0870. The van der Waals surface area contributed by atoms with Gasteiger partial charge in [-0.15, -0.1) is 0 Å². The summed E-state index contributed by atoms with van der Waals surface area (Å²) >= 11 is 7.45. The van der Waals surface area contributed by atoms with Crippen LogP contribution in [0.25, 0.3) is 22.0 Å². The molecule has 0 saturated heterocycles. The van der Waals surface area contributed by atoms with Crippen LogP contribution < -0.4 is 10.5 Å². The summed E-state index contributed by atoms with van der Waals surface area (Å²) in [7, 11) is 0. The highest BCUT2D eigenvalue weighted by Gasteiger charge is 2.24. The molecule has 3 aromatic carbocycles. The largest absolute Gasteiger partial charge is 0.343 e. The minimum Gasteiger partial charge on any atom is -0.343 e. The first-order valence-electron chi connectivity index (χ1n) is 9.31. The molecule has 4 aromatic rings. The van der Waals surface area contributed by atoms with E-state index in [1.54, 1.807) is 28.8 Å². The van der Waals surface area contributed by atoms with Crippen LogP contribution in [0, 0.1) is 11.3 Å². The third kappa shape index (κ3) is 3.22. The Morgan fingerprint density at radius 3 is 2.57 bits per heavy atom. The predicted molar refractivity (Wildman–Crippen MR) is 121 cm³/mol. The summed E-state index contributed by atoms with van der Waals surface area (Å²) in [5.74, 6) is 0.663. The molecule has 0 atom stereocenters. The maximum absolute atomic E-state index is 13.1. The van der Waals surface area contributed by atoms with Gasteiger partial charge in [0.15, 0.2) is 5.16 Å². The van der Waals surface area contributed by atoms with E-state index in [1.165, 1.54) is 17.1 Å². The van der Waals surface area contributed by atoms with Crippen molar-refractivity contribution in [2.24, 2.45) is 0 Å². The lowest BCUT2D eigenvalue weighted by Gasteiger charge is -2.31. The number of rotatable bonds is 2. The zero-order valence-electron chi connectivity index (χ0n) is 15.7. The molecule has 1 aliphatic rings. The monoisotopic (exact) mass is 430 g/mol. The number of halogens is 1. The van der Waals surface area contributed by atoms with Crippen molar-refractivity contribution in [3.63, 3.8) is 0 Å². The van der Waals surface area contributed by atoms with Gasteiger partial charge in [0.05, 0.1) is 11.6 Å². The van der Waals surface area contributed by atoms with Gasteiger partial charge in [-0.05, 0) is 35.0 Å². The molecule has 1 aromatic heterocycles. The third-order valence-electron chi connectivity index (χ3n) is 5.12. The fourth-order valence-corrected chi connectivity index (χ4v) is 4.64. The normalized spacial score (nSPS) is 13.1. The Balaban J connectivity index is 1.56. The van der Waals surface area contributed by atoms with Gasteiger partial charge in [-0.3, -0.25) is 9.36 Å². The molecular weight excluding hydrogens is 416 g/mol. The second-order valence-corrected chi connectivity index (χ2v) is 8.30. The number of thioether (sulfide) groups is 1. The van der Waals surface area contributed by atoms with Gasteiger partial charge in [0.2, 0.25) is 0 Å². The zero-order valence-corrected chi connectivity index (χ0v) is 17.3. The molecule has 146 valence electrons. The van der Waals surface area contributed by atoms with E-state index in [-0.39, 0.29) is 11.1 Å². The third-order valence-corrected chi connectivity index (χ3v) is 6.39. The van der Waals surface area contributed by atoms with Crippen molar-refractivity contribution in [3.05, 3.63) is 87.7 Å². The van der Waals surface area contributed by atoms with E-state index in [0.29, 0.717) is 34.0 Å². The van der Waals surface area contributed by atoms with Crippen molar-refractivity contribution in [3.8, 4) is 17.3 Å². The molecule has 30 heavy (non-hydrogen) atoms. The molecule has 0 radical (unpaired) electrons. The summed E-state index contributed by atoms with van der Waals surface area (Å²) in [5.41, 5.74) is 1.84. The van der Waals surface area contributed by atoms with Gasteiger partial charge in [0, 0.05) is 16.3 Å². The Kier molecular flexibility index (Phi) is 4.70. The SMILES string of the molecule is N#Cc1c(-c2ccc(Cl)cc2)nc2n(c1=O)CN(c1ccc3ccccc3c1)CS2. The van der Waals surface area contributed by atoms with E-state index < -0.39 is 0 Å². The van der Waals surface area contributed by atoms with Crippen molar-refractivity contribution in [2.75, 3.05) is 10.8 Å². The van der Waals surface area contributed by atoms with Gasteiger partial charge in [0.25, 0.3) is 5.56 Å². The van der Waals surface area contributed by atoms with Crippen LogP contribution in [-0.4, -0.2) is 15.4 Å². The molecule has 0 bridgehead atoms. The van der Waals surface area contributed by atoms with Crippen LogP contribution in [0.2, 0.25) is 5.02 Å². The lowest BCUT2D eigenvalue weighted by molar-refractivity contribution is 0.560. The van der Waals surface area contributed by atoms with E-state index in [0.717, 1.165) is 11.1 Å². The summed E-state index contributed by atoms with van der Waals surface area (Å²) in [6.07, 6.45) is 0. The minimum absolute atomic E-state index is 0.0435. The van der Waals surface area contributed by atoms with Crippen LogP contribution in [0.1, 0.15) is 5.56 Å². The number of hydrogen-bond donors (Lipinski definition) is 0. The van der Waals surface area contributed by atoms with E-state index in [1.807, 2.05) is 18.2 Å². The minimum atomic E-state index is -0.328. The van der Waals surface area contributed by atoms with Crippen LogP contribution in [0.5, 0.6) is 0 Å². The fourth-order valence-electron chi connectivity index (χ4n) is 3.56. The van der Waals surface area contributed by atoms with Crippen LogP contribution >= 0.6 is 23.4 Å². The number of nitriles is 1. The molecule has 0 spiro atoms. The summed E-state index contributed by atoms with van der Waals surface area (Å²) in [4.78, 5) is 19.9. The highest BCUT2D eigenvalue weighted by molar-refractivity contribution is 7.99. The number of aromatic nitrogens is 2. The van der Waals surface area contributed by atoms with Crippen LogP contribution in [0.15, 0.2) is 76.7 Å². The predicted octanol–water partition coefficient (Wildman–Crippen LogP) is 5.12. The van der Waals surface area contributed by atoms with Gasteiger partial charge in [-0.25, -0.2) is 4.98 Å². The van der Waals surface area contributed by atoms with Crippen molar-refractivity contribution in [2.45, 2.75) is 11.8 Å². The topological polar surface area (TPSA) is 61.9 Å². The summed E-state index contributed by atoms with van der Waals surface area (Å²) in [6, 6.07) is 23.5. The standard InChI is InChI=1S/C23H15ClN4OS/c24-18-8-5-16(6-9-18)21-20(12-25)22(29)28-13-27(14-30-23(28)26-21)19-10-7-15-3-1-2-4-17(15)11-19/h1-11H,13-14H2. The number of nitrogens with zero attached hydrogens (tertiary/aromatic N) is 4. The van der Waals surface area contributed by atoms with Gasteiger partial charge in [-0.2, -0.15) is 5.26 Å². The molecule has 0 unspecified atom stereocenters. The number of anilines is 1. The van der Waals surface area contributed by atoms with E-state index in [4.69, 9.17) is 11.6 Å². The molecule has 0 saturated carbocycles. The van der Waals surface area contributed by atoms with Gasteiger partial charge in [0.1, 0.15) is 18.3 Å². The van der Waals surface area contributed by atoms with Crippen LogP contribution in [-0.2, 0) is 6.67 Å². The molecule has 7 heteroatoms. The molecule has 0 N–H and O–H groups in total. The van der Waals surface area contributed by atoms with Crippen LogP contribution in [0.4, 0.5) is 5.69 Å². The molecular formula is C23H15ClN4OS. The molecule has 2 heterocycles. The first-order valence-corrected chi connectivity index (χ1v) is 10.7. The Labute approximate surface area is 182 Å². The number of benzene rings is 3. The zero-order chi connectivity index (χ0) is 20.7. The summed E-state index contributed by atoms with van der Waals surface area (Å²) < 4.78 is 1.57. The lowest BCUT2D eigenvalue weighted by Crippen LogP contribution is -2.38. The Bertz CT molecular complexity index is 1380. The maximum atomic E-state index is 13.1. The first-order chi connectivity index (χ1) is 14.6. The average Bonchev–Trinajstić information content (AvgIpc) is 2.79. The van der Waals surface area contributed by atoms with Crippen LogP contribution in [0.3, 0.4) is 0 Å². The van der Waals surface area contributed by atoms with Crippen molar-refractivity contribution >= 4 is 39.8 Å². The van der Waals surface area contributed by atoms with E-state index in [9.17, 15) is 10.1 Å². The second kappa shape index (κ2) is 7.52. The lowest BCUT2D eigenvalue weighted by atomic mass is 10.1. The summed E-state index contributed by atoms with van der Waals surface area (Å²) in [5, 5.41) is 13.2. The molecule has 5 nitrogen and oxygen atoms in total. The van der Waals surface area contributed by atoms with Crippen molar-refractivity contribution in [1.29, 1.82) is 5.26 Å². The quantitative estimate of drug-likeness (QED) is 0.413. The van der Waals surface area contributed by atoms with E-state index in [2.05, 4.69) is 40.2 Å². The Morgan fingerprint density at radius 1 is 1.03 bits per heavy atom. The average molecular weight is 431 g/mol. The first kappa shape index (κ1) is 18.7. The molecule has 0 amide bonds.